The molecule has 0 N–H and O–H groups in total. The van der Waals surface area contributed by atoms with Gasteiger partial charge in [-0.15, -0.1) is 0 Å². The van der Waals surface area contributed by atoms with E-state index in [0.29, 0.717) is 11.8 Å². The first-order chi connectivity index (χ1) is 17.8. The molecule has 0 aliphatic carbocycles. The van der Waals surface area contributed by atoms with E-state index in [9.17, 15) is 0 Å². The van der Waals surface area contributed by atoms with Crippen molar-refractivity contribution in [3.8, 4) is 23.0 Å². The summed E-state index contributed by atoms with van der Waals surface area (Å²) in [6.45, 7) is 4.49. The van der Waals surface area contributed by atoms with E-state index in [1.807, 2.05) is 24.3 Å². The first-order valence-corrected chi connectivity index (χ1v) is 13.5. The minimum Gasteiger partial charge on any atom is -0.457 e. The number of fused-ring (bicyclic) bond motifs is 4. The van der Waals surface area contributed by atoms with Gasteiger partial charge in [0.1, 0.15) is 23.0 Å². The van der Waals surface area contributed by atoms with Crippen molar-refractivity contribution >= 4 is 0 Å². The predicted octanol–water partition coefficient (Wildman–Crippen LogP) is 10.2. The van der Waals surface area contributed by atoms with Crippen molar-refractivity contribution in [1.29, 1.82) is 0 Å². The summed E-state index contributed by atoms with van der Waals surface area (Å²) in [5, 5.41) is 0. The van der Waals surface area contributed by atoms with Crippen molar-refractivity contribution in [2.45, 2.75) is 64.2 Å². The highest BCUT2D eigenvalue weighted by Gasteiger charge is 2.26. The largest absolute Gasteiger partial charge is 0.457 e. The molecule has 4 aromatic rings. The molecule has 0 unspecified atom stereocenters. The average molecular weight is 477 g/mol. The lowest BCUT2D eigenvalue weighted by molar-refractivity contribution is 0.436. The highest BCUT2D eigenvalue weighted by atomic mass is 16.5. The summed E-state index contributed by atoms with van der Waals surface area (Å²) in [6, 6.07) is 33.6. The monoisotopic (exact) mass is 476 g/mol. The van der Waals surface area contributed by atoms with Crippen LogP contribution in [-0.4, -0.2) is 0 Å². The summed E-state index contributed by atoms with van der Waals surface area (Å²) in [4.78, 5) is 0. The maximum absolute atomic E-state index is 6.04. The van der Waals surface area contributed by atoms with Crippen LogP contribution >= 0.6 is 0 Å². The fourth-order valence-electron chi connectivity index (χ4n) is 5.54. The summed E-state index contributed by atoms with van der Waals surface area (Å²) >= 11 is 0. The van der Waals surface area contributed by atoms with Gasteiger partial charge in [-0.1, -0.05) is 112 Å². The van der Waals surface area contributed by atoms with Crippen molar-refractivity contribution in [1.82, 2.24) is 0 Å². The Balaban J connectivity index is 0.000000152. The Bertz CT molecular complexity index is 1200. The van der Waals surface area contributed by atoms with Crippen LogP contribution in [0.5, 0.6) is 23.0 Å². The Hall–Kier alpha value is -3.52. The van der Waals surface area contributed by atoms with E-state index in [1.165, 1.54) is 54.4 Å². The molecule has 4 aromatic carbocycles. The first-order valence-electron chi connectivity index (χ1n) is 13.5. The van der Waals surface area contributed by atoms with Crippen LogP contribution in [0, 0.1) is 0 Å². The van der Waals surface area contributed by atoms with Crippen LogP contribution in [0.2, 0.25) is 0 Å². The number of unbranched alkanes of at least 4 members (excludes halogenated alkanes) is 3. The molecular formula is C34H36O2. The Morgan fingerprint density at radius 1 is 0.472 bits per heavy atom. The summed E-state index contributed by atoms with van der Waals surface area (Å²) in [7, 11) is 0. The van der Waals surface area contributed by atoms with Crippen molar-refractivity contribution in [2.75, 3.05) is 0 Å². The third-order valence-electron chi connectivity index (χ3n) is 7.37. The maximum Gasteiger partial charge on any atom is 0.131 e. The second kappa shape index (κ2) is 11.5. The molecule has 0 aromatic heterocycles. The lowest BCUT2D eigenvalue weighted by Gasteiger charge is -2.28. The zero-order chi connectivity index (χ0) is 24.7. The summed E-state index contributed by atoms with van der Waals surface area (Å²) < 4.78 is 11.9. The van der Waals surface area contributed by atoms with Crippen molar-refractivity contribution in [2.24, 2.45) is 0 Å². The quantitative estimate of drug-likeness (QED) is 0.258. The van der Waals surface area contributed by atoms with Crippen LogP contribution in [0.1, 0.15) is 86.5 Å². The van der Waals surface area contributed by atoms with Gasteiger partial charge in [-0.2, -0.15) is 0 Å². The molecule has 0 atom stereocenters. The first kappa shape index (κ1) is 24.2. The molecule has 2 aliphatic rings. The van der Waals surface area contributed by atoms with Gasteiger partial charge >= 0.3 is 0 Å². The zero-order valence-corrected chi connectivity index (χ0v) is 21.5. The Morgan fingerprint density at radius 3 is 1.25 bits per heavy atom. The number of hydrogen-bond acceptors (Lipinski definition) is 2. The van der Waals surface area contributed by atoms with E-state index in [2.05, 4.69) is 86.6 Å². The minimum absolute atomic E-state index is 0.473. The normalized spacial score (nSPS) is 13.6. The van der Waals surface area contributed by atoms with E-state index in [-0.39, 0.29) is 0 Å². The standard InChI is InChI=1S/C19H22O.C15H14O/c1-2-3-4-5-10-15-16-11-6-8-13-18(16)20-19-14-9-7-12-17(15)19;1-2-11-12-7-3-5-9-14(12)16-15-10-6-4-8-13(11)15/h6-9,11-15H,2-5,10H2,1H3;3-11H,2H2,1H3. The maximum atomic E-state index is 6.04. The molecule has 0 saturated carbocycles. The lowest BCUT2D eigenvalue weighted by Crippen LogP contribution is -2.10. The number of benzene rings is 4. The average Bonchev–Trinajstić information content (AvgIpc) is 2.93. The number of rotatable bonds is 6. The molecular weight excluding hydrogens is 440 g/mol. The molecule has 0 saturated heterocycles. The molecule has 184 valence electrons. The van der Waals surface area contributed by atoms with Crippen molar-refractivity contribution in [3.63, 3.8) is 0 Å². The topological polar surface area (TPSA) is 18.5 Å². The van der Waals surface area contributed by atoms with Gasteiger partial charge in [0.15, 0.2) is 0 Å². The van der Waals surface area contributed by atoms with E-state index < -0.39 is 0 Å². The van der Waals surface area contributed by atoms with E-state index in [0.717, 1.165) is 29.4 Å². The van der Waals surface area contributed by atoms with Crippen LogP contribution < -0.4 is 9.47 Å². The second-order valence-electron chi connectivity index (χ2n) is 9.72. The number of hydrogen-bond donors (Lipinski definition) is 0. The molecule has 6 rings (SSSR count). The Morgan fingerprint density at radius 2 is 0.861 bits per heavy atom. The smallest absolute Gasteiger partial charge is 0.131 e. The molecule has 0 bridgehead atoms. The van der Waals surface area contributed by atoms with Gasteiger partial charge in [-0.25, -0.2) is 0 Å². The van der Waals surface area contributed by atoms with Crippen LogP contribution in [0.25, 0.3) is 0 Å². The summed E-state index contributed by atoms with van der Waals surface area (Å²) in [6.07, 6.45) is 7.58. The molecule has 2 aliphatic heterocycles. The molecule has 2 heterocycles. The predicted molar refractivity (Wildman–Crippen MR) is 149 cm³/mol. The minimum atomic E-state index is 0.473. The zero-order valence-electron chi connectivity index (χ0n) is 21.5. The molecule has 36 heavy (non-hydrogen) atoms. The second-order valence-corrected chi connectivity index (χ2v) is 9.72. The van der Waals surface area contributed by atoms with Gasteiger partial charge in [0, 0.05) is 34.1 Å². The highest BCUT2D eigenvalue weighted by molar-refractivity contribution is 5.54. The highest BCUT2D eigenvalue weighted by Crippen LogP contribution is 2.46. The van der Waals surface area contributed by atoms with Crippen LogP contribution in [-0.2, 0) is 0 Å². The van der Waals surface area contributed by atoms with E-state index in [4.69, 9.17) is 9.47 Å². The van der Waals surface area contributed by atoms with Crippen molar-refractivity contribution in [3.05, 3.63) is 119 Å². The number of para-hydroxylation sites is 4. The molecule has 2 nitrogen and oxygen atoms in total. The summed E-state index contributed by atoms with van der Waals surface area (Å²) in [5.41, 5.74) is 5.32. The van der Waals surface area contributed by atoms with E-state index in [1.54, 1.807) is 0 Å². The fraction of sp³-hybridized carbons (Fsp3) is 0.294. The van der Waals surface area contributed by atoms with Crippen LogP contribution in [0.4, 0.5) is 0 Å². The van der Waals surface area contributed by atoms with Crippen LogP contribution in [0.3, 0.4) is 0 Å². The molecule has 0 amide bonds. The molecule has 2 heteroatoms. The van der Waals surface area contributed by atoms with E-state index >= 15 is 0 Å². The van der Waals surface area contributed by atoms with Gasteiger partial charge in [0.25, 0.3) is 0 Å². The molecule has 0 spiro atoms. The van der Waals surface area contributed by atoms with Gasteiger partial charge in [0.05, 0.1) is 0 Å². The summed E-state index contributed by atoms with van der Waals surface area (Å²) in [5.74, 6) is 5.05. The van der Waals surface area contributed by atoms with Gasteiger partial charge < -0.3 is 9.47 Å². The molecule has 0 radical (unpaired) electrons. The Kier molecular flexibility index (Phi) is 7.71. The van der Waals surface area contributed by atoms with Gasteiger partial charge in [0.2, 0.25) is 0 Å². The lowest BCUT2D eigenvalue weighted by atomic mass is 9.84. The molecule has 0 fully saturated rings. The Labute approximate surface area is 215 Å². The van der Waals surface area contributed by atoms with Crippen LogP contribution in [0.15, 0.2) is 97.1 Å². The SMILES string of the molecule is CCC1c2ccccc2Oc2ccccc21.CCCCCCC1c2ccccc2Oc2ccccc21. The third kappa shape index (κ3) is 5.04. The van der Waals surface area contributed by atoms with Gasteiger partial charge in [-0.3, -0.25) is 0 Å². The van der Waals surface area contributed by atoms with Gasteiger partial charge in [-0.05, 0) is 37.1 Å². The fourth-order valence-corrected chi connectivity index (χ4v) is 5.54. The van der Waals surface area contributed by atoms with Crippen molar-refractivity contribution < 1.29 is 9.47 Å². The third-order valence-corrected chi connectivity index (χ3v) is 7.37. The number of ether oxygens (including phenoxy) is 2.